The Hall–Kier alpha value is -0.670. The minimum absolute atomic E-state index is 0.0547. The predicted octanol–water partition coefficient (Wildman–Crippen LogP) is 2.11. The molecule has 0 bridgehead atoms. The molecule has 0 saturated heterocycles. The van der Waals surface area contributed by atoms with Crippen molar-refractivity contribution in [3.63, 3.8) is 0 Å². The van der Waals surface area contributed by atoms with Gasteiger partial charge in [-0.25, -0.2) is 12.7 Å². The Labute approximate surface area is 132 Å². The molecule has 0 aromatic heterocycles. The molecule has 20 heavy (non-hydrogen) atoms. The van der Waals surface area contributed by atoms with Crippen molar-refractivity contribution in [2.24, 2.45) is 5.92 Å². The van der Waals surface area contributed by atoms with Crippen LogP contribution >= 0.6 is 22.6 Å². The highest BCUT2D eigenvalue weighted by Gasteiger charge is 2.40. The van der Waals surface area contributed by atoms with Gasteiger partial charge < -0.3 is 4.74 Å². The zero-order valence-electron chi connectivity index (χ0n) is 11.3. The molecule has 0 saturated carbocycles. The molecule has 0 radical (unpaired) electrons. The van der Waals surface area contributed by atoms with Gasteiger partial charge in [0.05, 0.1) is 18.7 Å². The zero-order valence-corrected chi connectivity index (χ0v) is 14.3. The smallest absolute Gasteiger partial charge is 0.269 e. The number of ether oxygens (including phenoxy) is 1. The molecule has 1 heterocycles. The molecular weight excluding hydrogens is 393 g/mol. The normalized spacial score (nSPS) is 16.8. The molecule has 5 nitrogen and oxygen atoms in total. The van der Waals surface area contributed by atoms with Crippen LogP contribution in [0.2, 0.25) is 0 Å². The van der Waals surface area contributed by atoms with Gasteiger partial charge in [-0.2, -0.15) is 0 Å². The molecule has 0 fully saturated rings. The van der Waals surface area contributed by atoms with E-state index in [0.717, 1.165) is 7.88 Å². The van der Waals surface area contributed by atoms with Crippen molar-refractivity contribution in [3.05, 3.63) is 27.3 Å². The molecule has 7 heteroatoms. The Morgan fingerprint density at radius 2 is 2.05 bits per heavy atom. The van der Waals surface area contributed by atoms with E-state index in [-0.39, 0.29) is 23.6 Å². The topological polar surface area (TPSA) is 63.7 Å². The number of sulfonamides is 1. The van der Waals surface area contributed by atoms with Crippen molar-refractivity contribution in [1.29, 1.82) is 0 Å². The Morgan fingerprint density at radius 3 is 2.70 bits per heavy atom. The van der Waals surface area contributed by atoms with Crippen LogP contribution in [0.5, 0.6) is 0 Å². The van der Waals surface area contributed by atoms with E-state index in [2.05, 4.69) is 0 Å². The van der Waals surface area contributed by atoms with Crippen molar-refractivity contribution in [2.45, 2.75) is 18.7 Å². The summed E-state index contributed by atoms with van der Waals surface area (Å²) in [5, 5.41) is 0. The van der Waals surface area contributed by atoms with Crippen LogP contribution in [0.3, 0.4) is 0 Å². The Bertz CT molecular complexity index is 627. The van der Waals surface area contributed by atoms with Crippen LogP contribution < -0.4 is 0 Å². The quantitative estimate of drug-likeness (QED) is 0.552. The van der Waals surface area contributed by atoms with E-state index < -0.39 is 15.9 Å². The molecule has 0 unspecified atom stereocenters. The number of rotatable bonds is 5. The van der Waals surface area contributed by atoms with E-state index in [1.165, 1.54) is 6.07 Å². The van der Waals surface area contributed by atoms with Crippen molar-refractivity contribution < 1.29 is 17.9 Å². The van der Waals surface area contributed by atoms with E-state index in [1.54, 1.807) is 12.1 Å². The lowest BCUT2D eigenvalue weighted by Gasteiger charge is -2.15. The SMILES string of the molecule is CC(C)COCCN1C(=O)c2ccc(I)cc2S1(=O)=O. The van der Waals surface area contributed by atoms with Crippen LogP contribution in [0, 0.1) is 9.49 Å². The van der Waals surface area contributed by atoms with Crippen LogP contribution in [0.4, 0.5) is 0 Å². The highest BCUT2D eigenvalue weighted by atomic mass is 127. The largest absolute Gasteiger partial charge is 0.379 e. The van der Waals surface area contributed by atoms with Crippen molar-refractivity contribution >= 4 is 38.5 Å². The van der Waals surface area contributed by atoms with Gasteiger partial charge in [-0.1, -0.05) is 13.8 Å². The minimum Gasteiger partial charge on any atom is -0.379 e. The summed E-state index contributed by atoms with van der Waals surface area (Å²) in [6.45, 7) is 4.84. The summed E-state index contributed by atoms with van der Waals surface area (Å²) in [5.74, 6) is -0.0933. The van der Waals surface area contributed by atoms with Gasteiger partial charge in [0.15, 0.2) is 0 Å². The van der Waals surface area contributed by atoms with Crippen molar-refractivity contribution in [3.8, 4) is 0 Å². The van der Waals surface area contributed by atoms with E-state index in [9.17, 15) is 13.2 Å². The fourth-order valence-corrected chi connectivity index (χ4v) is 4.22. The van der Waals surface area contributed by atoms with Crippen LogP contribution in [0.25, 0.3) is 0 Å². The average molecular weight is 409 g/mol. The number of halogens is 1. The maximum atomic E-state index is 12.3. The lowest BCUT2D eigenvalue weighted by atomic mass is 10.2. The lowest BCUT2D eigenvalue weighted by Crippen LogP contribution is -2.33. The number of amides is 1. The first kappa shape index (κ1) is 15.7. The number of nitrogens with zero attached hydrogens (tertiary/aromatic N) is 1. The Balaban J connectivity index is 2.15. The zero-order chi connectivity index (χ0) is 14.9. The highest BCUT2D eigenvalue weighted by Crippen LogP contribution is 2.31. The van der Waals surface area contributed by atoms with Crippen LogP contribution in [0.1, 0.15) is 24.2 Å². The summed E-state index contributed by atoms with van der Waals surface area (Å²) >= 11 is 2.03. The van der Waals surface area contributed by atoms with Gasteiger partial charge in [-0.05, 0) is 46.7 Å². The van der Waals surface area contributed by atoms with E-state index >= 15 is 0 Å². The molecule has 110 valence electrons. The summed E-state index contributed by atoms with van der Waals surface area (Å²) in [4.78, 5) is 12.2. The summed E-state index contributed by atoms with van der Waals surface area (Å²) < 4.78 is 31.7. The standard InChI is InChI=1S/C13H16INO4S/c1-9(2)8-19-6-5-15-13(16)11-4-3-10(14)7-12(11)20(15,17)18/h3-4,7,9H,5-6,8H2,1-2H3. The second-order valence-electron chi connectivity index (χ2n) is 4.99. The fraction of sp³-hybridized carbons (Fsp3) is 0.462. The van der Waals surface area contributed by atoms with Crippen LogP contribution in [0.15, 0.2) is 23.1 Å². The van der Waals surface area contributed by atoms with Gasteiger partial charge in [-0.3, -0.25) is 4.79 Å². The first-order valence-electron chi connectivity index (χ1n) is 6.28. The third kappa shape index (κ3) is 2.99. The number of carbonyl (C=O) groups excluding carboxylic acids is 1. The monoisotopic (exact) mass is 409 g/mol. The lowest BCUT2D eigenvalue weighted by molar-refractivity contribution is 0.0759. The highest BCUT2D eigenvalue weighted by molar-refractivity contribution is 14.1. The molecule has 1 aromatic rings. The first-order valence-corrected chi connectivity index (χ1v) is 8.80. The third-order valence-corrected chi connectivity index (χ3v) is 5.35. The number of benzene rings is 1. The number of carbonyl (C=O) groups is 1. The molecular formula is C13H16INO4S. The van der Waals surface area contributed by atoms with E-state index in [0.29, 0.717) is 12.5 Å². The van der Waals surface area contributed by atoms with Gasteiger partial charge in [0, 0.05) is 10.2 Å². The molecule has 1 aromatic carbocycles. The van der Waals surface area contributed by atoms with Crippen LogP contribution in [-0.4, -0.2) is 38.4 Å². The summed E-state index contributed by atoms with van der Waals surface area (Å²) in [6, 6.07) is 4.82. The van der Waals surface area contributed by atoms with Gasteiger partial charge >= 0.3 is 0 Å². The maximum Gasteiger partial charge on any atom is 0.269 e. The van der Waals surface area contributed by atoms with Gasteiger partial charge in [0.1, 0.15) is 4.90 Å². The van der Waals surface area contributed by atoms with Gasteiger partial charge in [0.25, 0.3) is 15.9 Å². The Morgan fingerprint density at radius 1 is 1.35 bits per heavy atom. The van der Waals surface area contributed by atoms with Gasteiger partial charge in [-0.15, -0.1) is 0 Å². The average Bonchev–Trinajstić information content (AvgIpc) is 2.54. The minimum atomic E-state index is -3.72. The second-order valence-corrected chi connectivity index (χ2v) is 8.07. The summed E-state index contributed by atoms with van der Waals surface area (Å²) in [5.41, 5.74) is 0.245. The molecule has 1 amide bonds. The van der Waals surface area contributed by atoms with Gasteiger partial charge in [0.2, 0.25) is 0 Å². The predicted molar refractivity (Wildman–Crippen MR) is 83.0 cm³/mol. The fourth-order valence-electron chi connectivity index (χ4n) is 1.94. The maximum absolute atomic E-state index is 12.3. The van der Waals surface area contributed by atoms with Crippen molar-refractivity contribution in [2.75, 3.05) is 19.8 Å². The third-order valence-electron chi connectivity index (χ3n) is 2.86. The van der Waals surface area contributed by atoms with Crippen molar-refractivity contribution in [1.82, 2.24) is 4.31 Å². The number of fused-ring (bicyclic) bond motifs is 1. The molecule has 0 atom stereocenters. The molecule has 0 aliphatic carbocycles. The molecule has 2 rings (SSSR count). The summed E-state index contributed by atoms with van der Waals surface area (Å²) in [7, 11) is -3.72. The summed E-state index contributed by atoms with van der Waals surface area (Å²) in [6.07, 6.45) is 0. The Kier molecular flexibility index (Phi) is 4.70. The van der Waals surface area contributed by atoms with E-state index in [1.807, 2.05) is 36.4 Å². The molecule has 1 aliphatic rings. The number of hydrogen-bond acceptors (Lipinski definition) is 4. The van der Waals surface area contributed by atoms with E-state index in [4.69, 9.17) is 4.74 Å². The number of hydrogen-bond donors (Lipinski definition) is 0. The van der Waals surface area contributed by atoms with Crippen LogP contribution in [-0.2, 0) is 14.8 Å². The molecule has 1 aliphatic heterocycles. The second kappa shape index (κ2) is 5.98. The molecule has 0 N–H and O–H groups in total. The first-order chi connectivity index (χ1) is 9.34. The molecule has 0 spiro atoms.